The summed E-state index contributed by atoms with van der Waals surface area (Å²) < 4.78 is 10.2. The van der Waals surface area contributed by atoms with E-state index in [2.05, 4.69) is 10.5 Å². The fourth-order valence-corrected chi connectivity index (χ4v) is 2.08. The fraction of sp³-hybridized carbons (Fsp3) is 0. The first-order chi connectivity index (χ1) is 12.6. The molecule has 0 atom stereocenters. The lowest BCUT2D eigenvalue weighted by molar-refractivity contribution is 0.0689. The predicted molar refractivity (Wildman–Crippen MR) is 94.7 cm³/mol. The van der Waals surface area contributed by atoms with Crippen molar-refractivity contribution in [1.29, 1.82) is 0 Å². The molecule has 7 heteroatoms. The quantitative estimate of drug-likeness (QED) is 0.305. The number of esters is 1. The van der Waals surface area contributed by atoms with Crippen LogP contribution in [0.15, 0.2) is 76.4 Å². The number of carboxylic acids is 1. The molecule has 7 nitrogen and oxygen atoms in total. The van der Waals surface area contributed by atoms with Crippen LogP contribution in [0.4, 0.5) is 5.69 Å². The van der Waals surface area contributed by atoms with E-state index in [1.807, 2.05) is 0 Å². The van der Waals surface area contributed by atoms with Gasteiger partial charge < -0.3 is 14.3 Å². The van der Waals surface area contributed by atoms with E-state index in [0.29, 0.717) is 17.0 Å². The van der Waals surface area contributed by atoms with Gasteiger partial charge in [0.15, 0.2) is 0 Å². The molecule has 0 saturated heterocycles. The molecule has 0 aliphatic heterocycles. The van der Waals surface area contributed by atoms with Crippen LogP contribution in [-0.4, -0.2) is 23.3 Å². The number of ether oxygens (including phenoxy) is 1. The number of nitrogens with one attached hydrogen (secondary N) is 1. The van der Waals surface area contributed by atoms with Crippen molar-refractivity contribution in [3.05, 3.63) is 83.8 Å². The average molecular weight is 350 g/mol. The third-order valence-corrected chi connectivity index (χ3v) is 3.33. The summed E-state index contributed by atoms with van der Waals surface area (Å²) in [5, 5.41) is 12.9. The van der Waals surface area contributed by atoms with Crippen LogP contribution < -0.4 is 10.2 Å². The smallest absolute Gasteiger partial charge is 0.379 e. The molecule has 0 unspecified atom stereocenters. The van der Waals surface area contributed by atoms with E-state index in [4.69, 9.17) is 14.3 Å². The molecule has 130 valence electrons. The average Bonchev–Trinajstić information content (AvgIpc) is 3.17. The van der Waals surface area contributed by atoms with Gasteiger partial charge >= 0.3 is 11.9 Å². The maximum Gasteiger partial charge on any atom is 0.379 e. The van der Waals surface area contributed by atoms with Crippen molar-refractivity contribution in [3.8, 4) is 5.75 Å². The molecule has 2 N–H and O–H groups in total. The van der Waals surface area contributed by atoms with Gasteiger partial charge in [0.1, 0.15) is 5.75 Å². The first-order valence-electron chi connectivity index (χ1n) is 7.60. The molecule has 0 radical (unpaired) electrons. The van der Waals surface area contributed by atoms with Crippen molar-refractivity contribution in [1.82, 2.24) is 0 Å². The zero-order valence-corrected chi connectivity index (χ0v) is 13.5. The first-order valence-corrected chi connectivity index (χ1v) is 7.60. The summed E-state index contributed by atoms with van der Waals surface area (Å²) in [6.45, 7) is 0. The van der Waals surface area contributed by atoms with Crippen molar-refractivity contribution in [2.24, 2.45) is 5.10 Å². The number of carbonyl (C=O) groups excluding carboxylic acids is 1. The number of anilines is 1. The fourth-order valence-electron chi connectivity index (χ4n) is 2.08. The molecule has 0 amide bonds. The maximum absolute atomic E-state index is 11.9. The van der Waals surface area contributed by atoms with E-state index in [9.17, 15) is 9.59 Å². The minimum atomic E-state index is -0.985. The molecule has 1 aromatic heterocycles. The summed E-state index contributed by atoms with van der Waals surface area (Å²) in [6.07, 6.45) is 2.95. The minimum Gasteiger partial charge on any atom is -0.478 e. The summed E-state index contributed by atoms with van der Waals surface area (Å²) >= 11 is 0. The first kappa shape index (κ1) is 17.0. The number of hydrogen-bond acceptors (Lipinski definition) is 6. The van der Waals surface area contributed by atoms with Gasteiger partial charge in [-0.25, -0.2) is 9.59 Å². The van der Waals surface area contributed by atoms with Crippen LogP contribution in [0.2, 0.25) is 0 Å². The molecule has 2 aromatic carbocycles. The van der Waals surface area contributed by atoms with Gasteiger partial charge in [0.25, 0.3) is 0 Å². The molecule has 0 aliphatic rings. The Labute approximate surface area is 148 Å². The van der Waals surface area contributed by atoms with E-state index in [1.165, 1.54) is 24.5 Å². The summed E-state index contributed by atoms with van der Waals surface area (Å²) in [7, 11) is 0. The SMILES string of the molecule is O=C(O)c1ccc(NN=Cc2cccc(OC(=O)c3ccco3)c2)cc1. The lowest BCUT2D eigenvalue weighted by atomic mass is 10.2. The van der Waals surface area contributed by atoms with Crippen LogP contribution in [0.3, 0.4) is 0 Å². The molecule has 0 saturated carbocycles. The van der Waals surface area contributed by atoms with E-state index in [0.717, 1.165) is 0 Å². The minimum absolute atomic E-state index is 0.121. The number of furan rings is 1. The molecule has 0 spiro atoms. The van der Waals surface area contributed by atoms with E-state index in [1.54, 1.807) is 48.7 Å². The van der Waals surface area contributed by atoms with E-state index >= 15 is 0 Å². The van der Waals surface area contributed by atoms with Gasteiger partial charge in [-0.05, 0) is 54.1 Å². The Balaban J connectivity index is 1.62. The molecular formula is C19H14N2O5. The molecule has 3 rings (SSSR count). The van der Waals surface area contributed by atoms with Crippen molar-refractivity contribution >= 4 is 23.8 Å². The van der Waals surface area contributed by atoms with Gasteiger partial charge in [-0.2, -0.15) is 5.10 Å². The van der Waals surface area contributed by atoms with Gasteiger partial charge in [0, 0.05) is 0 Å². The van der Waals surface area contributed by atoms with Crippen LogP contribution in [-0.2, 0) is 0 Å². The number of benzene rings is 2. The zero-order chi connectivity index (χ0) is 18.4. The summed E-state index contributed by atoms with van der Waals surface area (Å²) in [6, 6.07) is 16.1. The third kappa shape index (κ3) is 4.35. The molecular weight excluding hydrogens is 336 g/mol. The number of hydrogen-bond donors (Lipinski definition) is 2. The number of hydrazone groups is 1. The normalized spacial score (nSPS) is 10.6. The Morgan fingerprint density at radius 3 is 2.58 bits per heavy atom. The van der Waals surface area contributed by atoms with Gasteiger partial charge in [0.2, 0.25) is 5.76 Å². The Bertz CT molecular complexity index is 931. The summed E-state index contributed by atoms with van der Waals surface area (Å²) in [5.74, 6) is -1.08. The second kappa shape index (κ2) is 7.80. The monoisotopic (exact) mass is 350 g/mol. The highest BCUT2D eigenvalue weighted by atomic mass is 16.5. The van der Waals surface area contributed by atoms with Crippen molar-refractivity contribution < 1.29 is 23.8 Å². The van der Waals surface area contributed by atoms with Crippen molar-refractivity contribution in [2.75, 3.05) is 5.43 Å². The summed E-state index contributed by atoms with van der Waals surface area (Å²) in [5.41, 5.74) is 4.35. The zero-order valence-electron chi connectivity index (χ0n) is 13.5. The van der Waals surface area contributed by atoms with Crippen molar-refractivity contribution in [2.45, 2.75) is 0 Å². The highest BCUT2D eigenvalue weighted by Gasteiger charge is 2.11. The maximum atomic E-state index is 11.9. The van der Waals surface area contributed by atoms with Crippen LogP contribution >= 0.6 is 0 Å². The second-order valence-electron chi connectivity index (χ2n) is 5.19. The molecule has 0 bridgehead atoms. The highest BCUT2D eigenvalue weighted by Crippen LogP contribution is 2.15. The predicted octanol–water partition coefficient (Wildman–Crippen LogP) is 3.64. The van der Waals surface area contributed by atoms with Gasteiger partial charge in [-0.3, -0.25) is 5.43 Å². The highest BCUT2D eigenvalue weighted by molar-refractivity contribution is 5.89. The van der Waals surface area contributed by atoms with Gasteiger partial charge in [-0.1, -0.05) is 12.1 Å². The standard InChI is InChI=1S/C19H14N2O5/c22-18(23)14-6-8-15(9-7-14)21-20-12-13-3-1-4-16(11-13)26-19(24)17-5-2-10-25-17/h1-12,21H,(H,22,23). The van der Waals surface area contributed by atoms with Crippen LogP contribution in [0.5, 0.6) is 5.75 Å². The third-order valence-electron chi connectivity index (χ3n) is 3.33. The summed E-state index contributed by atoms with van der Waals surface area (Å²) in [4.78, 5) is 22.7. The van der Waals surface area contributed by atoms with E-state index in [-0.39, 0.29) is 11.3 Å². The number of carbonyl (C=O) groups is 2. The van der Waals surface area contributed by atoms with Crippen LogP contribution in [0.1, 0.15) is 26.5 Å². The molecule has 1 heterocycles. The van der Waals surface area contributed by atoms with Crippen LogP contribution in [0.25, 0.3) is 0 Å². The molecule has 0 aliphatic carbocycles. The number of nitrogens with zero attached hydrogens (tertiary/aromatic N) is 1. The second-order valence-corrected chi connectivity index (χ2v) is 5.19. The molecule has 3 aromatic rings. The Morgan fingerprint density at radius 2 is 1.88 bits per heavy atom. The topological polar surface area (TPSA) is 101 Å². The lowest BCUT2D eigenvalue weighted by Crippen LogP contribution is -2.07. The number of aromatic carboxylic acids is 1. The number of carboxylic acid groups (broad SMARTS) is 1. The Hall–Kier alpha value is -3.87. The largest absolute Gasteiger partial charge is 0.478 e. The van der Waals surface area contributed by atoms with Crippen LogP contribution in [0, 0.1) is 0 Å². The number of rotatable bonds is 6. The van der Waals surface area contributed by atoms with Crippen molar-refractivity contribution in [3.63, 3.8) is 0 Å². The molecule has 26 heavy (non-hydrogen) atoms. The van der Waals surface area contributed by atoms with E-state index < -0.39 is 11.9 Å². The lowest BCUT2D eigenvalue weighted by Gasteiger charge is -2.03. The van der Waals surface area contributed by atoms with Gasteiger partial charge in [-0.15, -0.1) is 0 Å². The Kier molecular flexibility index (Phi) is 5.09. The van der Waals surface area contributed by atoms with Gasteiger partial charge in [0.05, 0.1) is 23.7 Å². The molecule has 0 fully saturated rings. The Morgan fingerprint density at radius 1 is 1.08 bits per heavy atom.